The number of halogens is 1. The number of carbonyl (C=O) groups excluding carboxylic acids is 1. The molecule has 0 radical (unpaired) electrons. The lowest BCUT2D eigenvalue weighted by atomic mass is 10.2. The van der Waals surface area contributed by atoms with Crippen molar-refractivity contribution in [2.75, 3.05) is 11.9 Å². The molecule has 0 aliphatic heterocycles. The number of non-ortho nitro benzene ring substituents is 1. The van der Waals surface area contributed by atoms with Gasteiger partial charge in [-0.05, 0) is 34.1 Å². The second-order valence-electron chi connectivity index (χ2n) is 4.23. The third kappa shape index (κ3) is 3.95. The first kappa shape index (κ1) is 15.8. The first-order chi connectivity index (χ1) is 10.5. The van der Waals surface area contributed by atoms with Gasteiger partial charge >= 0.3 is 0 Å². The van der Waals surface area contributed by atoms with Gasteiger partial charge in [0.25, 0.3) is 11.6 Å². The van der Waals surface area contributed by atoms with Crippen LogP contribution in [0.25, 0.3) is 0 Å². The van der Waals surface area contributed by atoms with Crippen molar-refractivity contribution in [3.63, 3.8) is 0 Å². The number of hydrogen-bond donors (Lipinski definition) is 2. The minimum absolute atomic E-state index is 0.0464. The van der Waals surface area contributed by atoms with Crippen LogP contribution in [0.1, 0.15) is 0 Å². The number of aromatic hydroxyl groups is 1. The van der Waals surface area contributed by atoms with Crippen molar-refractivity contribution in [2.24, 2.45) is 0 Å². The Morgan fingerprint density at radius 3 is 2.73 bits per heavy atom. The fraction of sp³-hybridized carbons (Fsp3) is 0.0714. The van der Waals surface area contributed by atoms with E-state index in [2.05, 4.69) is 21.2 Å². The number of benzene rings is 2. The van der Waals surface area contributed by atoms with E-state index in [9.17, 15) is 20.0 Å². The quantitative estimate of drug-likeness (QED) is 0.480. The van der Waals surface area contributed by atoms with Crippen molar-refractivity contribution < 1.29 is 19.6 Å². The van der Waals surface area contributed by atoms with Crippen LogP contribution in [0.2, 0.25) is 0 Å². The van der Waals surface area contributed by atoms with Gasteiger partial charge in [-0.15, -0.1) is 0 Å². The summed E-state index contributed by atoms with van der Waals surface area (Å²) in [5, 5.41) is 22.7. The molecule has 22 heavy (non-hydrogen) atoms. The molecule has 0 saturated carbocycles. The molecule has 0 aromatic heterocycles. The lowest BCUT2D eigenvalue weighted by Gasteiger charge is -2.09. The van der Waals surface area contributed by atoms with E-state index >= 15 is 0 Å². The number of phenols is 1. The third-order valence-corrected chi connectivity index (χ3v) is 3.32. The molecule has 0 fully saturated rings. The van der Waals surface area contributed by atoms with E-state index in [-0.39, 0.29) is 23.7 Å². The Balaban J connectivity index is 2.02. The Labute approximate surface area is 133 Å². The van der Waals surface area contributed by atoms with E-state index in [1.165, 1.54) is 0 Å². The maximum atomic E-state index is 11.8. The zero-order chi connectivity index (χ0) is 16.1. The van der Waals surface area contributed by atoms with Gasteiger partial charge in [-0.2, -0.15) is 0 Å². The number of hydrogen-bond acceptors (Lipinski definition) is 5. The molecule has 8 heteroatoms. The van der Waals surface area contributed by atoms with Gasteiger partial charge in [0.1, 0.15) is 11.5 Å². The fourth-order valence-electron chi connectivity index (χ4n) is 1.63. The summed E-state index contributed by atoms with van der Waals surface area (Å²) < 4.78 is 6.01. The molecule has 0 atom stereocenters. The lowest BCUT2D eigenvalue weighted by Crippen LogP contribution is -2.20. The molecular weight excluding hydrogens is 356 g/mol. The molecule has 0 aliphatic carbocycles. The largest absolute Gasteiger partial charge is 0.506 e. The summed E-state index contributed by atoms with van der Waals surface area (Å²) in [6.07, 6.45) is 0. The molecule has 2 N–H and O–H groups in total. The van der Waals surface area contributed by atoms with Crippen LogP contribution in [0.5, 0.6) is 11.5 Å². The highest BCUT2D eigenvalue weighted by atomic mass is 79.9. The molecule has 2 rings (SSSR count). The van der Waals surface area contributed by atoms with Gasteiger partial charge in [0, 0.05) is 12.1 Å². The maximum absolute atomic E-state index is 11.8. The zero-order valence-corrected chi connectivity index (χ0v) is 12.7. The van der Waals surface area contributed by atoms with Crippen LogP contribution < -0.4 is 10.1 Å². The van der Waals surface area contributed by atoms with Crippen LogP contribution in [0, 0.1) is 10.1 Å². The number of nitrogens with one attached hydrogen (secondary N) is 1. The lowest BCUT2D eigenvalue weighted by molar-refractivity contribution is -0.384. The highest BCUT2D eigenvalue weighted by Gasteiger charge is 2.13. The molecule has 2 aromatic carbocycles. The summed E-state index contributed by atoms with van der Waals surface area (Å²) in [5.74, 6) is -0.327. The van der Waals surface area contributed by atoms with Gasteiger partial charge in [-0.3, -0.25) is 14.9 Å². The van der Waals surface area contributed by atoms with Crippen LogP contribution >= 0.6 is 15.9 Å². The van der Waals surface area contributed by atoms with Crippen LogP contribution in [0.15, 0.2) is 46.9 Å². The van der Waals surface area contributed by atoms with Crippen molar-refractivity contribution in [1.82, 2.24) is 0 Å². The smallest absolute Gasteiger partial charge is 0.271 e. The number of carbonyl (C=O) groups is 1. The monoisotopic (exact) mass is 366 g/mol. The normalized spacial score (nSPS) is 10.0. The van der Waals surface area contributed by atoms with E-state index in [0.717, 1.165) is 18.2 Å². The number of amides is 1. The van der Waals surface area contributed by atoms with Gasteiger partial charge in [-0.1, -0.05) is 12.1 Å². The summed E-state index contributed by atoms with van der Waals surface area (Å²) in [4.78, 5) is 21.9. The molecular formula is C14H11BrN2O5. The topological polar surface area (TPSA) is 102 Å². The predicted molar refractivity (Wildman–Crippen MR) is 83.0 cm³/mol. The van der Waals surface area contributed by atoms with Gasteiger partial charge in [0.05, 0.1) is 15.1 Å². The number of phenolic OH excluding ortho intramolecular Hbond substituents is 1. The summed E-state index contributed by atoms with van der Waals surface area (Å²) in [5.41, 5.74) is -0.283. The number of anilines is 1. The molecule has 1 amide bonds. The number of para-hydroxylation sites is 1. The van der Waals surface area contributed by atoms with E-state index in [1.807, 2.05) is 0 Å². The second kappa shape index (κ2) is 6.90. The summed E-state index contributed by atoms with van der Waals surface area (Å²) in [6, 6.07) is 10.4. The summed E-state index contributed by atoms with van der Waals surface area (Å²) in [7, 11) is 0. The molecule has 0 saturated heterocycles. The van der Waals surface area contributed by atoms with Crippen LogP contribution in [-0.2, 0) is 4.79 Å². The van der Waals surface area contributed by atoms with Crippen molar-refractivity contribution in [1.29, 1.82) is 0 Å². The van der Waals surface area contributed by atoms with Crippen molar-refractivity contribution in [3.05, 3.63) is 57.1 Å². The second-order valence-corrected chi connectivity index (χ2v) is 5.08. The predicted octanol–water partition coefficient (Wildman–Crippen LogP) is 3.08. The first-order valence-corrected chi connectivity index (χ1v) is 6.91. The minimum atomic E-state index is -0.618. The van der Waals surface area contributed by atoms with Crippen molar-refractivity contribution in [2.45, 2.75) is 0 Å². The Kier molecular flexibility index (Phi) is 4.95. The number of rotatable bonds is 5. The molecule has 7 nitrogen and oxygen atoms in total. The van der Waals surface area contributed by atoms with Crippen molar-refractivity contribution >= 4 is 33.2 Å². The molecule has 0 spiro atoms. The summed E-state index contributed by atoms with van der Waals surface area (Å²) in [6.45, 7) is -0.301. The standard InChI is InChI=1S/C14H11BrN2O5/c15-10-3-1-2-4-13(10)22-8-14(19)16-11-7-9(17(20)21)5-6-12(11)18/h1-7,18H,8H2,(H,16,19). The van der Waals surface area contributed by atoms with E-state index in [0.29, 0.717) is 10.2 Å². The number of nitro benzene ring substituents is 1. The average molecular weight is 367 g/mol. The van der Waals surface area contributed by atoms with Gasteiger partial charge in [0.2, 0.25) is 0 Å². The Hall–Kier alpha value is -2.61. The number of nitrogens with zero attached hydrogens (tertiary/aromatic N) is 1. The summed E-state index contributed by atoms with van der Waals surface area (Å²) >= 11 is 3.28. The average Bonchev–Trinajstić information content (AvgIpc) is 2.48. The minimum Gasteiger partial charge on any atom is -0.506 e. The highest BCUT2D eigenvalue weighted by molar-refractivity contribution is 9.10. The number of nitro groups is 1. The molecule has 114 valence electrons. The number of ether oxygens (including phenoxy) is 1. The SMILES string of the molecule is O=C(COc1ccccc1Br)Nc1cc([N+](=O)[O-])ccc1O. The zero-order valence-electron chi connectivity index (χ0n) is 11.2. The molecule has 0 heterocycles. The molecule has 0 aliphatic rings. The Morgan fingerprint density at radius 1 is 1.32 bits per heavy atom. The Morgan fingerprint density at radius 2 is 2.05 bits per heavy atom. The van der Waals surface area contributed by atoms with Gasteiger partial charge in [0.15, 0.2) is 6.61 Å². The van der Waals surface area contributed by atoms with Crippen LogP contribution in [0.4, 0.5) is 11.4 Å². The van der Waals surface area contributed by atoms with Crippen molar-refractivity contribution in [3.8, 4) is 11.5 Å². The van der Waals surface area contributed by atoms with Crippen LogP contribution in [-0.4, -0.2) is 22.5 Å². The molecule has 2 aromatic rings. The fourth-order valence-corrected chi connectivity index (χ4v) is 2.03. The van der Waals surface area contributed by atoms with E-state index in [1.54, 1.807) is 24.3 Å². The van der Waals surface area contributed by atoms with E-state index in [4.69, 9.17) is 4.74 Å². The van der Waals surface area contributed by atoms with Crippen LogP contribution in [0.3, 0.4) is 0 Å². The maximum Gasteiger partial charge on any atom is 0.271 e. The van der Waals surface area contributed by atoms with Gasteiger partial charge < -0.3 is 15.2 Å². The van der Waals surface area contributed by atoms with E-state index < -0.39 is 10.8 Å². The Bertz CT molecular complexity index is 720. The van der Waals surface area contributed by atoms with Gasteiger partial charge in [-0.25, -0.2) is 0 Å². The molecule has 0 bridgehead atoms. The first-order valence-electron chi connectivity index (χ1n) is 6.12. The molecule has 0 unspecified atom stereocenters. The highest BCUT2D eigenvalue weighted by Crippen LogP contribution is 2.28. The third-order valence-electron chi connectivity index (χ3n) is 2.66.